The lowest BCUT2D eigenvalue weighted by Crippen LogP contribution is -2.46. The van der Waals surface area contributed by atoms with Gasteiger partial charge in [-0.1, -0.05) is 0 Å². The maximum Gasteiger partial charge on any atom is 0.126 e. The number of nitrogens with zero attached hydrogens (tertiary/aromatic N) is 3. The van der Waals surface area contributed by atoms with Crippen LogP contribution in [0.1, 0.15) is 12.0 Å². The van der Waals surface area contributed by atoms with Crippen LogP contribution in [-0.4, -0.2) is 43.9 Å². The lowest BCUT2D eigenvalue weighted by molar-refractivity contribution is -0.108. The monoisotopic (exact) mass is 261 g/mol. The van der Waals surface area contributed by atoms with E-state index in [-0.39, 0.29) is 5.82 Å². The van der Waals surface area contributed by atoms with E-state index in [1.807, 2.05) is 6.07 Å². The van der Waals surface area contributed by atoms with Crippen LogP contribution in [0.5, 0.6) is 0 Å². The molecule has 0 saturated carbocycles. The zero-order chi connectivity index (χ0) is 13.7. The number of piperazine rings is 1. The first kappa shape index (κ1) is 13.5. The summed E-state index contributed by atoms with van der Waals surface area (Å²) in [5.74, 6) is -0.377. The second kappa shape index (κ2) is 6.30. The van der Waals surface area contributed by atoms with E-state index >= 15 is 0 Å². The normalized spacial score (nSPS) is 16.1. The molecule has 1 aliphatic rings. The van der Waals surface area contributed by atoms with Gasteiger partial charge < -0.3 is 9.69 Å². The van der Waals surface area contributed by atoms with E-state index in [2.05, 4.69) is 9.80 Å². The molecule has 100 valence electrons. The van der Waals surface area contributed by atoms with E-state index in [1.54, 1.807) is 6.07 Å². The van der Waals surface area contributed by atoms with Gasteiger partial charge in [0, 0.05) is 44.8 Å². The van der Waals surface area contributed by atoms with Crippen molar-refractivity contribution in [2.24, 2.45) is 0 Å². The third-order valence-electron chi connectivity index (χ3n) is 3.31. The summed E-state index contributed by atoms with van der Waals surface area (Å²) in [6.45, 7) is 4.06. The fourth-order valence-corrected chi connectivity index (χ4v) is 2.29. The highest BCUT2D eigenvalue weighted by molar-refractivity contribution is 5.52. The molecule has 0 bridgehead atoms. The smallest absolute Gasteiger partial charge is 0.126 e. The summed E-state index contributed by atoms with van der Waals surface area (Å²) in [7, 11) is 0. The molecule has 0 amide bonds. The van der Waals surface area contributed by atoms with E-state index in [1.165, 1.54) is 12.1 Å². The van der Waals surface area contributed by atoms with Gasteiger partial charge >= 0.3 is 0 Å². The summed E-state index contributed by atoms with van der Waals surface area (Å²) in [5.41, 5.74) is 1.10. The van der Waals surface area contributed by atoms with Gasteiger partial charge in [0.25, 0.3) is 0 Å². The molecule has 5 heteroatoms. The molecule has 4 nitrogen and oxygen atoms in total. The van der Waals surface area contributed by atoms with Gasteiger partial charge in [-0.3, -0.25) is 4.90 Å². The Balaban J connectivity index is 1.99. The standard InChI is InChI=1S/C14H16FN3O/c15-13-8-12(11-16)9-14(10-13)18-5-3-17(4-6-18)2-1-7-19/h7-10H,1-6H2. The Bertz CT molecular complexity index is 490. The van der Waals surface area contributed by atoms with Gasteiger partial charge in [-0.2, -0.15) is 5.26 Å². The minimum atomic E-state index is -0.377. The zero-order valence-corrected chi connectivity index (χ0v) is 10.7. The molecule has 2 rings (SSSR count). The lowest BCUT2D eigenvalue weighted by atomic mass is 10.1. The molecule has 0 N–H and O–H groups in total. The van der Waals surface area contributed by atoms with Gasteiger partial charge in [0.1, 0.15) is 12.1 Å². The minimum absolute atomic E-state index is 0.346. The Labute approximate surface area is 112 Å². The Kier molecular flexibility index (Phi) is 4.48. The number of benzene rings is 1. The average molecular weight is 261 g/mol. The minimum Gasteiger partial charge on any atom is -0.369 e. The van der Waals surface area contributed by atoms with E-state index in [0.717, 1.165) is 44.7 Å². The quantitative estimate of drug-likeness (QED) is 0.769. The number of rotatable bonds is 4. The predicted octanol–water partition coefficient (Wildman–Crippen LogP) is 1.41. The van der Waals surface area contributed by atoms with E-state index < -0.39 is 0 Å². The molecule has 1 aromatic carbocycles. The largest absolute Gasteiger partial charge is 0.369 e. The molecular formula is C14H16FN3O. The highest BCUT2D eigenvalue weighted by Gasteiger charge is 2.17. The van der Waals surface area contributed by atoms with Crippen LogP contribution in [-0.2, 0) is 4.79 Å². The van der Waals surface area contributed by atoms with Crippen LogP contribution < -0.4 is 4.90 Å². The molecule has 0 radical (unpaired) electrons. The number of hydrogen-bond donors (Lipinski definition) is 0. The number of carbonyl (C=O) groups excluding carboxylic acids is 1. The van der Waals surface area contributed by atoms with Crippen LogP contribution in [0.25, 0.3) is 0 Å². The van der Waals surface area contributed by atoms with Crippen molar-refractivity contribution in [3.63, 3.8) is 0 Å². The SMILES string of the molecule is N#Cc1cc(F)cc(N2CCN(CCC=O)CC2)c1. The third kappa shape index (κ3) is 3.52. The number of carbonyl (C=O) groups is 1. The fraction of sp³-hybridized carbons (Fsp3) is 0.429. The van der Waals surface area contributed by atoms with Crippen molar-refractivity contribution in [1.29, 1.82) is 5.26 Å². The molecule has 1 saturated heterocycles. The highest BCUT2D eigenvalue weighted by atomic mass is 19.1. The molecule has 1 aromatic rings. The first-order valence-electron chi connectivity index (χ1n) is 6.34. The molecule has 19 heavy (non-hydrogen) atoms. The van der Waals surface area contributed by atoms with Crippen LogP contribution in [0.15, 0.2) is 18.2 Å². The molecular weight excluding hydrogens is 245 g/mol. The molecule has 0 unspecified atom stereocenters. The summed E-state index contributed by atoms with van der Waals surface area (Å²) >= 11 is 0. The second-order valence-corrected chi connectivity index (χ2v) is 4.59. The molecule has 1 fully saturated rings. The molecule has 1 aliphatic heterocycles. The second-order valence-electron chi connectivity index (χ2n) is 4.59. The third-order valence-corrected chi connectivity index (χ3v) is 3.31. The van der Waals surface area contributed by atoms with Crippen molar-refractivity contribution in [1.82, 2.24) is 4.90 Å². The summed E-state index contributed by atoms with van der Waals surface area (Å²) in [4.78, 5) is 14.6. The van der Waals surface area contributed by atoms with Crippen molar-refractivity contribution in [2.75, 3.05) is 37.6 Å². The zero-order valence-electron chi connectivity index (χ0n) is 10.7. The maximum atomic E-state index is 13.4. The molecule has 0 spiro atoms. The van der Waals surface area contributed by atoms with Crippen molar-refractivity contribution in [3.8, 4) is 6.07 Å². The van der Waals surface area contributed by atoms with Crippen LogP contribution in [0.2, 0.25) is 0 Å². The van der Waals surface area contributed by atoms with Gasteiger partial charge in [0.05, 0.1) is 11.6 Å². The van der Waals surface area contributed by atoms with Crippen molar-refractivity contribution in [2.45, 2.75) is 6.42 Å². The molecule has 1 heterocycles. The summed E-state index contributed by atoms with van der Waals surface area (Å²) in [5, 5.41) is 8.85. The van der Waals surface area contributed by atoms with Crippen LogP contribution in [0.3, 0.4) is 0 Å². The number of anilines is 1. The first-order valence-corrected chi connectivity index (χ1v) is 6.34. The lowest BCUT2D eigenvalue weighted by Gasteiger charge is -2.35. The number of nitriles is 1. The molecule has 0 atom stereocenters. The number of halogens is 1. The Hall–Kier alpha value is -1.93. The summed E-state index contributed by atoms with van der Waals surface area (Å²) in [6.07, 6.45) is 1.48. The van der Waals surface area contributed by atoms with Gasteiger partial charge in [-0.25, -0.2) is 4.39 Å². The first-order chi connectivity index (χ1) is 9.22. The number of aldehydes is 1. The predicted molar refractivity (Wildman–Crippen MR) is 70.4 cm³/mol. The van der Waals surface area contributed by atoms with Crippen LogP contribution >= 0.6 is 0 Å². The Morgan fingerprint density at radius 1 is 1.26 bits per heavy atom. The van der Waals surface area contributed by atoms with Gasteiger partial charge in [0.2, 0.25) is 0 Å². The average Bonchev–Trinajstić information content (AvgIpc) is 2.45. The van der Waals surface area contributed by atoms with E-state index in [4.69, 9.17) is 5.26 Å². The highest BCUT2D eigenvalue weighted by Crippen LogP contribution is 2.20. The van der Waals surface area contributed by atoms with Crippen molar-refractivity contribution in [3.05, 3.63) is 29.6 Å². The number of hydrogen-bond acceptors (Lipinski definition) is 4. The fourth-order valence-electron chi connectivity index (χ4n) is 2.29. The molecule has 0 aromatic heterocycles. The molecule has 0 aliphatic carbocycles. The van der Waals surface area contributed by atoms with Gasteiger partial charge in [-0.05, 0) is 18.2 Å². The van der Waals surface area contributed by atoms with Crippen molar-refractivity contribution < 1.29 is 9.18 Å². The van der Waals surface area contributed by atoms with Crippen LogP contribution in [0.4, 0.5) is 10.1 Å². The summed E-state index contributed by atoms with van der Waals surface area (Å²) in [6, 6.07) is 6.38. The maximum absolute atomic E-state index is 13.4. The van der Waals surface area contributed by atoms with Gasteiger partial charge in [0.15, 0.2) is 0 Å². The van der Waals surface area contributed by atoms with Crippen molar-refractivity contribution >= 4 is 12.0 Å². The van der Waals surface area contributed by atoms with Gasteiger partial charge in [-0.15, -0.1) is 0 Å². The van der Waals surface area contributed by atoms with E-state index in [0.29, 0.717) is 12.0 Å². The Morgan fingerprint density at radius 3 is 2.63 bits per heavy atom. The van der Waals surface area contributed by atoms with Crippen LogP contribution in [0, 0.1) is 17.1 Å². The topological polar surface area (TPSA) is 47.3 Å². The Morgan fingerprint density at radius 2 is 2.00 bits per heavy atom. The summed E-state index contributed by atoms with van der Waals surface area (Å²) < 4.78 is 13.4. The van der Waals surface area contributed by atoms with E-state index in [9.17, 15) is 9.18 Å².